The number of fused-ring (bicyclic) bond motifs is 3. The summed E-state index contributed by atoms with van der Waals surface area (Å²) in [6.45, 7) is 3.95. The molecule has 1 saturated carbocycles. The Balaban J connectivity index is 1.33. The number of rotatable bonds is 9. The predicted octanol–water partition coefficient (Wildman–Crippen LogP) is 4.37. The topological polar surface area (TPSA) is 105 Å². The standard InChI is InChI=1S/C27H30N2O5/c1-17(2)11-12-23(25(31)32)28-24(30)15-27(13-14-27)29-26(33)34-16-22-20-9-5-3-7-18(20)19-8-4-6-10-21(19)22/h3-11,22-23H,12-16H2,1-2H3,(H,28,30)(H,29,33)(H,31,32). The van der Waals surface area contributed by atoms with Crippen LogP contribution < -0.4 is 10.6 Å². The highest BCUT2D eigenvalue weighted by atomic mass is 16.5. The number of carbonyl (C=O) groups is 3. The molecule has 2 aromatic carbocycles. The molecule has 7 nitrogen and oxygen atoms in total. The summed E-state index contributed by atoms with van der Waals surface area (Å²) in [5, 5.41) is 14.8. The molecule has 178 valence electrons. The van der Waals surface area contributed by atoms with Crippen LogP contribution in [0.25, 0.3) is 11.1 Å². The third kappa shape index (κ3) is 5.30. The Morgan fingerprint density at radius 1 is 1.06 bits per heavy atom. The van der Waals surface area contributed by atoms with E-state index in [0.717, 1.165) is 27.8 Å². The van der Waals surface area contributed by atoms with E-state index in [2.05, 4.69) is 34.9 Å². The summed E-state index contributed by atoms with van der Waals surface area (Å²) in [4.78, 5) is 36.6. The molecular formula is C27H30N2O5. The number of nitrogens with one attached hydrogen (secondary N) is 2. The van der Waals surface area contributed by atoms with Crippen LogP contribution in [-0.4, -0.2) is 41.3 Å². The molecule has 0 aromatic heterocycles. The van der Waals surface area contributed by atoms with Crippen LogP contribution in [0.1, 0.15) is 56.6 Å². The van der Waals surface area contributed by atoms with E-state index in [9.17, 15) is 19.5 Å². The third-order valence-electron chi connectivity index (χ3n) is 6.46. The minimum atomic E-state index is -1.08. The molecule has 0 spiro atoms. The van der Waals surface area contributed by atoms with Gasteiger partial charge in [0.05, 0.1) is 5.54 Å². The maximum absolute atomic E-state index is 12.6. The zero-order valence-electron chi connectivity index (χ0n) is 19.5. The maximum atomic E-state index is 12.6. The first-order valence-electron chi connectivity index (χ1n) is 11.6. The molecule has 0 aliphatic heterocycles. The second kappa shape index (κ2) is 9.71. The van der Waals surface area contributed by atoms with Gasteiger partial charge in [-0.15, -0.1) is 0 Å². The molecule has 4 rings (SSSR count). The average molecular weight is 463 g/mol. The normalized spacial score (nSPS) is 15.9. The molecule has 1 fully saturated rings. The maximum Gasteiger partial charge on any atom is 0.407 e. The number of amides is 2. The number of carboxylic acid groups (broad SMARTS) is 1. The molecule has 7 heteroatoms. The van der Waals surface area contributed by atoms with Gasteiger partial charge < -0.3 is 20.5 Å². The van der Waals surface area contributed by atoms with Crippen LogP contribution in [-0.2, 0) is 14.3 Å². The summed E-state index contributed by atoms with van der Waals surface area (Å²) >= 11 is 0. The number of allylic oxidation sites excluding steroid dienone is 1. The van der Waals surface area contributed by atoms with Gasteiger partial charge in [-0.05, 0) is 55.4 Å². The number of alkyl carbamates (subject to hydrolysis) is 1. The van der Waals surface area contributed by atoms with Crippen molar-refractivity contribution in [2.75, 3.05) is 6.61 Å². The van der Waals surface area contributed by atoms with Gasteiger partial charge in [-0.3, -0.25) is 4.79 Å². The second-order valence-corrected chi connectivity index (χ2v) is 9.38. The van der Waals surface area contributed by atoms with Crippen LogP contribution >= 0.6 is 0 Å². The highest BCUT2D eigenvalue weighted by Gasteiger charge is 2.46. The minimum absolute atomic E-state index is 0.0236. The van der Waals surface area contributed by atoms with E-state index in [1.165, 1.54) is 0 Å². The fourth-order valence-electron chi connectivity index (χ4n) is 4.48. The van der Waals surface area contributed by atoms with Gasteiger partial charge in [0.25, 0.3) is 0 Å². The Kier molecular flexibility index (Phi) is 6.72. The number of carboxylic acids is 1. The van der Waals surface area contributed by atoms with Crippen LogP contribution in [0.2, 0.25) is 0 Å². The summed E-state index contributed by atoms with van der Waals surface area (Å²) < 4.78 is 5.60. The van der Waals surface area contributed by atoms with E-state index in [4.69, 9.17) is 4.74 Å². The van der Waals surface area contributed by atoms with E-state index in [1.54, 1.807) is 6.08 Å². The van der Waals surface area contributed by atoms with E-state index < -0.39 is 29.6 Å². The van der Waals surface area contributed by atoms with Gasteiger partial charge in [0.2, 0.25) is 5.91 Å². The molecule has 2 amide bonds. The van der Waals surface area contributed by atoms with Crippen molar-refractivity contribution in [3.63, 3.8) is 0 Å². The minimum Gasteiger partial charge on any atom is -0.480 e. The van der Waals surface area contributed by atoms with E-state index in [-0.39, 0.29) is 25.4 Å². The lowest BCUT2D eigenvalue weighted by molar-refractivity contribution is -0.141. The van der Waals surface area contributed by atoms with Gasteiger partial charge in [0, 0.05) is 12.3 Å². The first-order valence-corrected chi connectivity index (χ1v) is 11.6. The molecule has 0 radical (unpaired) electrons. The fourth-order valence-corrected chi connectivity index (χ4v) is 4.48. The van der Waals surface area contributed by atoms with E-state index >= 15 is 0 Å². The molecular weight excluding hydrogens is 432 g/mol. The van der Waals surface area contributed by atoms with Gasteiger partial charge in [-0.25, -0.2) is 9.59 Å². The van der Waals surface area contributed by atoms with E-state index in [0.29, 0.717) is 12.8 Å². The van der Waals surface area contributed by atoms with Gasteiger partial charge in [-0.2, -0.15) is 0 Å². The van der Waals surface area contributed by atoms with Crippen LogP contribution in [0.3, 0.4) is 0 Å². The molecule has 0 bridgehead atoms. The molecule has 3 N–H and O–H groups in total. The highest BCUT2D eigenvalue weighted by molar-refractivity contribution is 5.85. The van der Waals surface area contributed by atoms with Crippen molar-refractivity contribution < 1.29 is 24.2 Å². The Hall–Kier alpha value is -3.61. The Morgan fingerprint density at radius 2 is 1.65 bits per heavy atom. The molecule has 2 aromatic rings. The number of carbonyl (C=O) groups excluding carboxylic acids is 2. The van der Waals surface area contributed by atoms with Crippen molar-refractivity contribution >= 4 is 18.0 Å². The van der Waals surface area contributed by atoms with Crippen LogP contribution in [0.4, 0.5) is 4.79 Å². The quantitative estimate of drug-likeness (QED) is 0.480. The van der Waals surface area contributed by atoms with Crippen molar-refractivity contribution in [2.24, 2.45) is 0 Å². The largest absolute Gasteiger partial charge is 0.480 e. The lowest BCUT2D eigenvalue weighted by Crippen LogP contribution is -2.45. The first-order chi connectivity index (χ1) is 16.3. The second-order valence-electron chi connectivity index (χ2n) is 9.38. The number of ether oxygens (including phenoxy) is 1. The van der Waals surface area contributed by atoms with Crippen molar-refractivity contribution in [1.82, 2.24) is 10.6 Å². The Labute approximate surface area is 199 Å². The first kappa shape index (κ1) is 23.5. The van der Waals surface area contributed by atoms with Crippen LogP contribution in [0, 0.1) is 0 Å². The van der Waals surface area contributed by atoms with Gasteiger partial charge in [-0.1, -0.05) is 60.2 Å². The van der Waals surface area contributed by atoms with Gasteiger partial charge >= 0.3 is 12.1 Å². The van der Waals surface area contributed by atoms with Crippen molar-refractivity contribution in [2.45, 2.75) is 57.0 Å². The lowest BCUT2D eigenvalue weighted by Gasteiger charge is -2.20. The lowest BCUT2D eigenvalue weighted by atomic mass is 9.98. The molecule has 1 atom stereocenters. The van der Waals surface area contributed by atoms with Crippen molar-refractivity contribution in [3.05, 3.63) is 71.3 Å². The Bertz CT molecular complexity index is 1090. The number of hydrogen-bond acceptors (Lipinski definition) is 4. The summed E-state index contributed by atoms with van der Waals surface area (Å²) in [6.07, 6.45) is 2.76. The van der Waals surface area contributed by atoms with E-state index in [1.807, 2.05) is 38.1 Å². The van der Waals surface area contributed by atoms with Gasteiger partial charge in [0.15, 0.2) is 0 Å². The number of benzene rings is 2. The third-order valence-corrected chi connectivity index (χ3v) is 6.46. The van der Waals surface area contributed by atoms with Crippen molar-refractivity contribution in [3.8, 4) is 11.1 Å². The van der Waals surface area contributed by atoms with Crippen molar-refractivity contribution in [1.29, 1.82) is 0 Å². The zero-order valence-corrected chi connectivity index (χ0v) is 19.5. The molecule has 2 aliphatic carbocycles. The zero-order chi connectivity index (χ0) is 24.3. The summed E-state index contributed by atoms with van der Waals surface area (Å²) in [5.74, 6) is -1.52. The summed E-state index contributed by atoms with van der Waals surface area (Å²) in [5.41, 5.74) is 4.89. The molecule has 0 heterocycles. The SMILES string of the molecule is CC(C)=CCC(NC(=O)CC1(NC(=O)OCC2c3ccccc3-c3ccccc32)CC1)C(=O)O. The highest BCUT2D eigenvalue weighted by Crippen LogP contribution is 2.44. The van der Waals surface area contributed by atoms with Gasteiger partial charge in [0.1, 0.15) is 12.6 Å². The predicted molar refractivity (Wildman–Crippen MR) is 128 cm³/mol. The van der Waals surface area contributed by atoms with Crippen LogP contribution in [0.5, 0.6) is 0 Å². The van der Waals surface area contributed by atoms with Crippen LogP contribution in [0.15, 0.2) is 60.2 Å². The number of aliphatic carboxylic acids is 1. The number of hydrogen-bond donors (Lipinski definition) is 3. The monoisotopic (exact) mass is 462 g/mol. The average Bonchev–Trinajstić information content (AvgIpc) is 3.46. The molecule has 1 unspecified atom stereocenters. The molecule has 2 aliphatic rings. The fraction of sp³-hybridized carbons (Fsp3) is 0.370. The molecule has 34 heavy (non-hydrogen) atoms. The Morgan fingerprint density at radius 3 is 2.18 bits per heavy atom. The molecule has 0 saturated heterocycles. The smallest absolute Gasteiger partial charge is 0.407 e. The summed E-state index contributed by atoms with van der Waals surface area (Å²) in [6, 6.07) is 15.2. The summed E-state index contributed by atoms with van der Waals surface area (Å²) in [7, 11) is 0.